The van der Waals surface area contributed by atoms with Gasteiger partial charge < -0.3 is 14.2 Å². The average Bonchev–Trinajstić information content (AvgIpc) is 3.59. The summed E-state index contributed by atoms with van der Waals surface area (Å²) in [4.78, 5) is 44.4. The first-order chi connectivity index (χ1) is 24.4. The number of amides is 2. The normalized spacial score (nSPS) is 22.6. The van der Waals surface area contributed by atoms with Crippen molar-refractivity contribution in [2.24, 2.45) is 5.92 Å². The van der Waals surface area contributed by atoms with Crippen LogP contribution in [0.2, 0.25) is 5.02 Å². The van der Waals surface area contributed by atoms with Gasteiger partial charge in [-0.1, -0.05) is 42.3 Å². The first-order valence-electron chi connectivity index (χ1n) is 17.9. The zero-order chi connectivity index (χ0) is 34.2. The van der Waals surface area contributed by atoms with Crippen molar-refractivity contribution < 1.29 is 14.3 Å². The molecule has 0 bridgehead atoms. The lowest BCUT2D eigenvalue weighted by Gasteiger charge is -2.46. The van der Waals surface area contributed by atoms with E-state index in [1.807, 2.05) is 47.9 Å². The lowest BCUT2D eigenvalue weighted by atomic mass is 9.91. The lowest BCUT2D eigenvalue weighted by Crippen LogP contribution is -2.63. The number of halogens is 2. The van der Waals surface area contributed by atoms with E-state index in [0.29, 0.717) is 31.2 Å². The van der Waals surface area contributed by atoms with Crippen LogP contribution in [0.1, 0.15) is 66.1 Å². The summed E-state index contributed by atoms with van der Waals surface area (Å²) in [5.74, 6) is 0.116. The van der Waals surface area contributed by atoms with Gasteiger partial charge in [-0.15, -0.1) is 0 Å². The molecule has 0 spiro atoms. The molecule has 0 N–H and O–H groups in total. The number of pyridine rings is 1. The molecule has 2 aliphatic carbocycles. The number of anilines is 1. The second kappa shape index (κ2) is 14.5. The molecular weight excluding hydrogens is 716 g/mol. The minimum atomic E-state index is -0.738. The number of aromatic nitrogens is 3. The molecule has 2 unspecified atom stereocenters. The molecule has 2 aromatic carbocycles. The Morgan fingerprint density at radius 1 is 0.960 bits per heavy atom. The molecule has 2 aromatic heterocycles. The van der Waals surface area contributed by atoms with Gasteiger partial charge in [0.25, 0.3) is 5.91 Å². The molecule has 4 heterocycles. The molecule has 4 aliphatic rings. The smallest absolute Gasteiger partial charge is 0.410 e. The van der Waals surface area contributed by atoms with Crippen LogP contribution in [0.5, 0.6) is 0 Å². The number of ether oxygens (including phenoxy) is 1. The second-order valence-corrected chi connectivity index (χ2v) is 15.6. The number of rotatable bonds is 5. The highest BCUT2D eigenvalue weighted by Gasteiger charge is 2.44. The van der Waals surface area contributed by atoms with E-state index in [9.17, 15) is 4.79 Å². The third-order valence-electron chi connectivity index (χ3n) is 10.9. The number of hydrogen-bond acceptors (Lipinski definition) is 6. The quantitative estimate of drug-likeness (QED) is 0.214. The maximum absolute atomic E-state index is 15.1. The maximum atomic E-state index is 15.1. The number of benzene rings is 2. The standard InChI is InChI=1S/C39H42BrClN6O3/c40-30-19-29-11-10-27-20-31(41)12-13-33(27)37(36(29)43-21-30)45-16-17-46(39(49)50-32-7-2-1-3-8-32)35(24-45)38(48)47-23-26(22-44-15-14-42-25-44)18-28-6-4-5-9-34(28)47/h4-6,9,12-15,19-21,25-26,32,35,37H,1-3,7-8,10-11,16-18,22-24H2/t26?,35-,37?/m1/s1. The molecule has 260 valence electrons. The van der Waals surface area contributed by atoms with E-state index in [4.69, 9.17) is 21.3 Å². The zero-order valence-corrected chi connectivity index (χ0v) is 30.4. The van der Waals surface area contributed by atoms with Crippen molar-refractivity contribution in [2.75, 3.05) is 31.1 Å². The molecule has 1 saturated heterocycles. The highest BCUT2D eigenvalue weighted by Crippen LogP contribution is 2.40. The van der Waals surface area contributed by atoms with E-state index < -0.39 is 6.04 Å². The Bertz CT molecular complexity index is 1810. The van der Waals surface area contributed by atoms with Crippen molar-refractivity contribution in [3.05, 3.63) is 111 Å². The van der Waals surface area contributed by atoms with Gasteiger partial charge in [0, 0.05) is 66.5 Å². The third kappa shape index (κ3) is 6.82. The third-order valence-corrected chi connectivity index (χ3v) is 11.6. The Kier molecular flexibility index (Phi) is 9.68. The minimum absolute atomic E-state index is 0.0768. The van der Waals surface area contributed by atoms with Gasteiger partial charge in [0.2, 0.25) is 0 Å². The van der Waals surface area contributed by atoms with E-state index in [2.05, 4.69) is 54.6 Å². The number of carbonyl (C=O) groups is 2. The van der Waals surface area contributed by atoms with Crippen molar-refractivity contribution in [2.45, 2.75) is 76.1 Å². The van der Waals surface area contributed by atoms with Crippen LogP contribution in [0, 0.1) is 5.92 Å². The molecule has 8 rings (SSSR count). The number of nitrogens with zero attached hydrogens (tertiary/aromatic N) is 6. The number of piperazine rings is 1. The molecular formula is C39H42BrClN6O3. The summed E-state index contributed by atoms with van der Waals surface area (Å²) in [6, 6.07) is 15.5. The molecule has 1 saturated carbocycles. The van der Waals surface area contributed by atoms with E-state index in [-0.39, 0.29) is 30.1 Å². The van der Waals surface area contributed by atoms with Gasteiger partial charge in [-0.25, -0.2) is 9.78 Å². The van der Waals surface area contributed by atoms with Crippen molar-refractivity contribution in [1.82, 2.24) is 24.3 Å². The fourth-order valence-electron chi connectivity index (χ4n) is 8.53. The van der Waals surface area contributed by atoms with E-state index in [1.54, 1.807) is 11.1 Å². The molecule has 2 aliphatic heterocycles. The van der Waals surface area contributed by atoms with Gasteiger partial charge in [-0.05, 0) is 113 Å². The second-order valence-electron chi connectivity index (χ2n) is 14.2. The summed E-state index contributed by atoms with van der Waals surface area (Å²) in [6.45, 7) is 2.61. The number of imidazole rings is 1. The number of fused-ring (bicyclic) bond motifs is 3. The van der Waals surface area contributed by atoms with Crippen molar-refractivity contribution in [3.63, 3.8) is 0 Å². The summed E-state index contributed by atoms with van der Waals surface area (Å²) >= 11 is 10.2. The van der Waals surface area contributed by atoms with Crippen LogP contribution in [0.15, 0.2) is 77.9 Å². The Morgan fingerprint density at radius 2 is 1.80 bits per heavy atom. The predicted octanol–water partition coefficient (Wildman–Crippen LogP) is 7.24. The van der Waals surface area contributed by atoms with Gasteiger partial charge in [0.15, 0.2) is 0 Å². The monoisotopic (exact) mass is 756 g/mol. The van der Waals surface area contributed by atoms with Crippen LogP contribution in [0.4, 0.5) is 10.5 Å². The van der Waals surface area contributed by atoms with E-state index >= 15 is 4.79 Å². The Labute approximate surface area is 306 Å². The van der Waals surface area contributed by atoms with Crippen molar-refractivity contribution in [3.8, 4) is 0 Å². The topological polar surface area (TPSA) is 83.8 Å². The van der Waals surface area contributed by atoms with E-state index in [0.717, 1.165) is 78.5 Å². The molecule has 0 radical (unpaired) electrons. The fourth-order valence-corrected chi connectivity index (χ4v) is 9.10. The van der Waals surface area contributed by atoms with Gasteiger partial charge in [-0.3, -0.25) is 19.6 Å². The summed E-state index contributed by atoms with van der Waals surface area (Å²) in [6.07, 6.45) is 14.5. The largest absolute Gasteiger partial charge is 0.446 e. The van der Waals surface area contributed by atoms with Crippen LogP contribution in [-0.2, 0) is 35.3 Å². The lowest BCUT2D eigenvalue weighted by molar-refractivity contribution is -0.126. The zero-order valence-electron chi connectivity index (χ0n) is 28.1. The van der Waals surface area contributed by atoms with Crippen LogP contribution < -0.4 is 4.90 Å². The Hall–Kier alpha value is -3.73. The van der Waals surface area contributed by atoms with Crippen LogP contribution in [0.25, 0.3) is 0 Å². The minimum Gasteiger partial charge on any atom is -0.446 e. The summed E-state index contributed by atoms with van der Waals surface area (Å²) in [5.41, 5.74) is 6.55. The van der Waals surface area contributed by atoms with Crippen molar-refractivity contribution in [1.29, 1.82) is 0 Å². The molecule has 3 atom stereocenters. The van der Waals surface area contributed by atoms with Crippen LogP contribution >= 0.6 is 27.5 Å². The summed E-state index contributed by atoms with van der Waals surface area (Å²) < 4.78 is 9.17. The molecule has 2 amide bonds. The number of hydrogen-bond donors (Lipinski definition) is 0. The maximum Gasteiger partial charge on any atom is 0.410 e. The fraction of sp³-hybridized carbons (Fsp3) is 0.436. The summed E-state index contributed by atoms with van der Waals surface area (Å²) in [7, 11) is 0. The number of carbonyl (C=O) groups excluding carboxylic acids is 2. The molecule has 11 heteroatoms. The van der Waals surface area contributed by atoms with Crippen LogP contribution in [-0.4, -0.2) is 74.7 Å². The molecule has 4 aromatic rings. The number of aryl methyl sites for hydroxylation is 2. The van der Waals surface area contributed by atoms with Gasteiger partial charge in [0.1, 0.15) is 12.1 Å². The van der Waals surface area contributed by atoms with Crippen molar-refractivity contribution >= 4 is 45.2 Å². The predicted molar refractivity (Wildman–Crippen MR) is 196 cm³/mol. The van der Waals surface area contributed by atoms with Crippen LogP contribution in [0.3, 0.4) is 0 Å². The van der Waals surface area contributed by atoms with Gasteiger partial charge in [0.05, 0.1) is 18.1 Å². The average molecular weight is 758 g/mol. The SMILES string of the molecule is O=C([C@H]1CN(C2c3ccc(Cl)cc3CCc3cc(Br)cnc32)CCN1C(=O)OC1CCCCC1)N1CC(Cn2ccnc2)Cc2ccccc21. The molecule has 9 nitrogen and oxygen atoms in total. The summed E-state index contributed by atoms with van der Waals surface area (Å²) in [5, 5.41) is 0.708. The first-order valence-corrected chi connectivity index (χ1v) is 19.1. The van der Waals surface area contributed by atoms with Gasteiger partial charge >= 0.3 is 6.09 Å². The highest BCUT2D eigenvalue weighted by atomic mass is 79.9. The first kappa shape index (κ1) is 33.4. The molecule has 2 fully saturated rings. The van der Waals surface area contributed by atoms with E-state index in [1.165, 1.54) is 17.5 Å². The highest BCUT2D eigenvalue weighted by molar-refractivity contribution is 9.10. The number of para-hydroxylation sites is 1. The van der Waals surface area contributed by atoms with Gasteiger partial charge in [-0.2, -0.15) is 0 Å². The Balaban J connectivity index is 1.16. The molecule has 50 heavy (non-hydrogen) atoms. The Morgan fingerprint density at radius 3 is 2.64 bits per heavy atom.